The Balaban J connectivity index is 2.09. The minimum atomic E-state index is -0.501. The molecule has 0 spiro atoms. The lowest BCUT2D eigenvalue weighted by Crippen LogP contribution is -2.18. The zero-order chi connectivity index (χ0) is 18.4. The van der Waals surface area contributed by atoms with E-state index < -0.39 is 5.91 Å². The Morgan fingerprint density at radius 3 is 2.44 bits per heavy atom. The molecule has 0 saturated carbocycles. The lowest BCUT2D eigenvalue weighted by atomic mass is 10.0. The van der Waals surface area contributed by atoms with Crippen molar-refractivity contribution in [3.8, 4) is 6.07 Å². The van der Waals surface area contributed by atoms with Crippen LogP contribution in [0.2, 0.25) is 0 Å². The molecule has 0 aliphatic rings. The van der Waals surface area contributed by atoms with Gasteiger partial charge in [-0.1, -0.05) is 35.9 Å². The van der Waals surface area contributed by atoms with Crippen molar-refractivity contribution in [1.82, 2.24) is 5.32 Å². The van der Waals surface area contributed by atoms with Gasteiger partial charge in [0.25, 0.3) is 5.91 Å². The van der Waals surface area contributed by atoms with E-state index in [0.29, 0.717) is 11.3 Å². The Morgan fingerprint density at radius 2 is 1.84 bits per heavy atom. The number of nitrogens with zero attached hydrogens (tertiary/aromatic N) is 1. The van der Waals surface area contributed by atoms with Crippen molar-refractivity contribution in [1.29, 1.82) is 5.26 Å². The van der Waals surface area contributed by atoms with Gasteiger partial charge in [-0.25, -0.2) is 4.39 Å². The fourth-order valence-corrected chi connectivity index (χ4v) is 2.61. The molecule has 0 aromatic heterocycles. The molecule has 1 amide bonds. The number of rotatable bonds is 5. The number of amides is 1. The van der Waals surface area contributed by atoms with Crippen LogP contribution in [0, 0.1) is 37.9 Å². The highest BCUT2D eigenvalue weighted by atomic mass is 19.1. The highest BCUT2D eigenvalue weighted by Crippen LogP contribution is 2.22. The van der Waals surface area contributed by atoms with Crippen LogP contribution >= 0.6 is 0 Å². The van der Waals surface area contributed by atoms with E-state index in [-0.39, 0.29) is 17.9 Å². The molecule has 0 saturated heterocycles. The number of carbonyl (C=O) groups excluding carboxylic acids is 1. The Labute approximate surface area is 147 Å². The van der Waals surface area contributed by atoms with Gasteiger partial charge in [0.1, 0.15) is 17.5 Å². The molecule has 0 atom stereocenters. The number of nitriles is 1. The van der Waals surface area contributed by atoms with Gasteiger partial charge < -0.3 is 10.6 Å². The van der Waals surface area contributed by atoms with Gasteiger partial charge in [-0.3, -0.25) is 4.79 Å². The maximum Gasteiger partial charge on any atom is 0.267 e. The average Bonchev–Trinajstić information content (AvgIpc) is 2.56. The van der Waals surface area contributed by atoms with E-state index in [4.69, 9.17) is 0 Å². The summed E-state index contributed by atoms with van der Waals surface area (Å²) in [5, 5.41) is 14.8. The van der Waals surface area contributed by atoms with Gasteiger partial charge in [0.05, 0.1) is 0 Å². The zero-order valence-electron chi connectivity index (χ0n) is 14.5. The predicted octanol–water partition coefficient (Wildman–Crippen LogP) is 3.89. The van der Waals surface area contributed by atoms with Crippen molar-refractivity contribution in [2.24, 2.45) is 0 Å². The van der Waals surface area contributed by atoms with Crippen LogP contribution in [0.15, 0.2) is 48.2 Å². The summed E-state index contributed by atoms with van der Waals surface area (Å²) in [4.78, 5) is 12.3. The molecule has 0 unspecified atom stereocenters. The van der Waals surface area contributed by atoms with E-state index in [2.05, 4.69) is 10.6 Å². The number of nitrogens with one attached hydrogen (secondary N) is 2. The van der Waals surface area contributed by atoms with E-state index in [1.807, 2.05) is 39.0 Å². The van der Waals surface area contributed by atoms with E-state index >= 15 is 0 Å². The Hall–Kier alpha value is -3.13. The molecular formula is C20H20FN3O. The van der Waals surface area contributed by atoms with Crippen molar-refractivity contribution in [2.75, 3.05) is 5.32 Å². The first-order valence-electron chi connectivity index (χ1n) is 7.88. The summed E-state index contributed by atoms with van der Waals surface area (Å²) < 4.78 is 13.6. The van der Waals surface area contributed by atoms with Crippen LogP contribution in [0.1, 0.15) is 22.3 Å². The summed E-state index contributed by atoms with van der Waals surface area (Å²) >= 11 is 0. The third kappa shape index (κ3) is 4.67. The van der Waals surface area contributed by atoms with Crippen molar-refractivity contribution in [3.05, 3.63) is 76.2 Å². The largest absolute Gasteiger partial charge is 0.385 e. The molecule has 0 aliphatic carbocycles. The maximum atomic E-state index is 13.6. The fourth-order valence-electron chi connectivity index (χ4n) is 2.61. The monoisotopic (exact) mass is 337 g/mol. The third-order valence-electron chi connectivity index (χ3n) is 3.78. The molecule has 2 N–H and O–H groups in total. The second kappa shape index (κ2) is 8.11. The van der Waals surface area contributed by atoms with Crippen molar-refractivity contribution >= 4 is 11.6 Å². The number of aryl methyl sites for hydroxylation is 3. The molecule has 2 rings (SSSR count). The van der Waals surface area contributed by atoms with Gasteiger partial charge in [0.15, 0.2) is 0 Å². The van der Waals surface area contributed by atoms with Crippen LogP contribution in [0.4, 0.5) is 10.1 Å². The minimum absolute atomic E-state index is 0.0734. The van der Waals surface area contributed by atoms with Crippen LogP contribution in [0.5, 0.6) is 0 Å². The highest BCUT2D eigenvalue weighted by Gasteiger charge is 2.12. The van der Waals surface area contributed by atoms with Crippen LogP contribution in [0.25, 0.3) is 0 Å². The summed E-state index contributed by atoms with van der Waals surface area (Å²) in [6.07, 6.45) is 1.31. The Bertz CT molecular complexity index is 842. The van der Waals surface area contributed by atoms with E-state index in [0.717, 1.165) is 16.7 Å². The van der Waals surface area contributed by atoms with Crippen LogP contribution in [-0.2, 0) is 11.3 Å². The van der Waals surface area contributed by atoms with Crippen LogP contribution < -0.4 is 10.6 Å². The predicted molar refractivity (Wildman–Crippen MR) is 96.2 cm³/mol. The smallest absolute Gasteiger partial charge is 0.267 e. The molecular weight excluding hydrogens is 317 g/mol. The lowest BCUT2D eigenvalue weighted by Gasteiger charge is -2.12. The summed E-state index contributed by atoms with van der Waals surface area (Å²) in [5.74, 6) is -0.837. The lowest BCUT2D eigenvalue weighted by molar-refractivity contribution is -0.112. The third-order valence-corrected chi connectivity index (χ3v) is 3.78. The van der Waals surface area contributed by atoms with E-state index in [1.165, 1.54) is 12.3 Å². The topological polar surface area (TPSA) is 64.9 Å². The molecule has 0 heterocycles. The van der Waals surface area contributed by atoms with Gasteiger partial charge in [0, 0.05) is 24.0 Å². The summed E-state index contributed by atoms with van der Waals surface area (Å²) in [6, 6.07) is 12.1. The number of carbonyl (C=O) groups is 1. The molecule has 2 aromatic carbocycles. The highest BCUT2D eigenvalue weighted by molar-refractivity contribution is 6.07. The molecule has 2 aromatic rings. The first-order valence-corrected chi connectivity index (χ1v) is 7.88. The van der Waals surface area contributed by atoms with E-state index in [9.17, 15) is 14.4 Å². The van der Waals surface area contributed by atoms with Crippen LogP contribution in [0.3, 0.4) is 0 Å². The van der Waals surface area contributed by atoms with Gasteiger partial charge in [-0.15, -0.1) is 0 Å². The average molecular weight is 337 g/mol. The van der Waals surface area contributed by atoms with Crippen molar-refractivity contribution in [2.45, 2.75) is 27.3 Å². The summed E-state index contributed by atoms with van der Waals surface area (Å²) in [6.45, 7) is 5.98. The summed E-state index contributed by atoms with van der Waals surface area (Å²) in [7, 11) is 0. The number of halogens is 1. The normalized spacial score (nSPS) is 10.9. The quantitative estimate of drug-likeness (QED) is 0.643. The molecule has 4 nitrogen and oxygen atoms in total. The van der Waals surface area contributed by atoms with Gasteiger partial charge in [-0.2, -0.15) is 5.26 Å². The molecule has 25 heavy (non-hydrogen) atoms. The molecule has 0 radical (unpaired) electrons. The maximum absolute atomic E-state index is 13.6. The number of hydrogen-bond donors (Lipinski definition) is 2. The standard InChI is InChI=1S/C20H20FN3O/c1-13-8-14(2)19(15(3)9-13)24-20(25)17(10-22)12-23-11-16-6-4-5-7-18(16)21/h4-9,12,23H,11H2,1-3H3,(H,24,25)/b17-12-. The van der Waals surface area contributed by atoms with Crippen molar-refractivity contribution in [3.63, 3.8) is 0 Å². The molecule has 5 heteroatoms. The first-order chi connectivity index (χ1) is 11.9. The number of anilines is 1. The Kier molecular flexibility index (Phi) is 5.91. The number of hydrogen-bond acceptors (Lipinski definition) is 3. The van der Waals surface area contributed by atoms with Crippen LogP contribution in [-0.4, -0.2) is 5.91 Å². The molecule has 0 fully saturated rings. The second-order valence-corrected chi connectivity index (χ2v) is 5.87. The molecule has 128 valence electrons. The van der Waals surface area contributed by atoms with E-state index in [1.54, 1.807) is 18.2 Å². The van der Waals surface area contributed by atoms with Gasteiger partial charge >= 0.3 is 0 Å². The molecule has 0 bridgehead atoms. The SMILES string of the molecule is Cc1cc(C)c(NC(=O)/C(C#N)=C\NCc2ccccc2F)c(C)c1. The van der Waals surface area contributed by atoms with Crippen molar-refractivity contribution < 1.29 is 9.18 Å². The zero-order valence-corrected chi connectivity index (χ0v) is 14.5. The second-order valence-electron chi connectivity index (χ2n) is 5.87. The van der Waals surface area contributed by atoms with Gasteiger partial charge in [0.2, 0.25) is 0 Å². The molecule has 0 aliphatic heterocycles. The fraction of sp³-hybridized carbons (Fsp3) is 0.200. The number of benzene rings is 2. The minimum Gasteiger partial charge on any atom is -0.385 e. The van der Waals surface area contributed by atoms with Gasteiger partial charge in [-0.05, 0) is 38.0 Å². The summed E-state index contributed by atoms with van der Waals surface area (Å²) in [5.41, 5.74) is 4.06. The first kappa shape index (κ1) is 18.2. The Morgan fingerprint density at radius 1 is 1.20 bits per heavy atom.